The van der Waals surface area contributed by atoms with Crippen LogP contribution in [0.15, 0.2) is 84.9 Å². The largest absolute Gasteiger partial charge is 0.366 e. The zero-order chi connectivity index (χ0) is 23.0. The molecule has 4 rings (SSSR count). The van der Waals surface area contributed by atoms with Crippen LogP contribution in [0.4, 0.5) is 5.69 Å². The molecule has 1 heterocycles. The molecule has 170 valence electrons. The third kappa shape index (κ3) is 6.28. The SMILES string of the molecule is CC(NC(=O)C1CN(Cc2ccccc2)CCO1)c1cccc(NC(=O)c2ccccc2)c1. The zero-order valence-electron chi connectivity index (χ0n) is 18.7. The lowest BCUT2D eigenvalue weighted by Gasteiger charge is -2.32. The third-order valence-electron chi connectivity index (χ3n) is 5.73. The standard InChI is InChI=1S/C27H29N3O3/c1-20(23-13-8-14-24(17-23)29-26(31)22-11-6-3-7-12-22)28-27(32)25-19-30(15-16-33-25)18-21-9-4-2-5-10-21/h2-14,17,20,25H,15-16,18-19H2,1H3,(H,28,32)(H,29,31). The van der Waals surface area contributed by atoms with E-state index in [1.165, 1.54) is 5.56 Å². The summed E-state index contributed by atoms with van der Waals surface area (Å²) in [6.45, 7) is 4.62. The molecule has 6 heteroatoms. The molecule has 0 spiro atoms. The first kappa shape index (κ1) is 22.7. The lowest BCUT2D eigenvalue weighted by atomic mass is 10.1. The van der Waals surface area contributed by atoms with Gasteiger partial charge in [0.1, 0.15) is 6.10 Å². The van der Waals surface area contributed by atoms with Crippen LogP contribution >= 0.6 is 0 Å². The van der Waals surface area contributed by atoms with Gasteiger partial charge in [-0.15, -0.1) is 0 Å². The maximum absolute atomic E-state index is 12.9. The zero-order valence-corrected chi connectivity index (χ0v) is 18.7. The average molecular weight is 444 g/mol. The second-order valence-electron chi connectivity index (χ2n) is 8.26. The van der Waals surface area contributed by atoms with Gasteiger partial charge in [-0.2, -0.15) is 0 Å². The fourth-order valence-corrected chi connectivity index (χ4v) is 3.91. The molecule has 2 atom stereocenters. The Bertz CT molecular complexity index is 1070. The van der Waals surface area contributed by atoms with Crippen molar-refractivity contribution in [2.45, 2.75) is 25.6 Å². The van der Waals surface area contributed by atoms with Crippen molar-refractivity contribution in [3.05, 3.63) is 102 Å². The van der Waals surface area contributed by atoms with Gasteiger partial charge in [0, 0.05) is 30.9 Å². The van der Waals surface area contributed by atoms with Gasteiger partial charge >= 0.3 is 0 Å². The van der Waals surface area contributed by atoms with Crippen molar-refractivity contribution in [2.75, 3.05) is 25.0 Å². The summed E-state index contributed by atoms with van der Waals surface area (Å²) in [6.07, 6.45) is -0.508. The molecule has 1 saturated heterocycles. The Morgan fingerprint density at radius 1 is 1.00 bits per heavy atom. The molecule has 6 nitrogen and oxygen atoms in total. The Morgan fingerprint density at radius 3 is 2.48 bits per heavy atom. The number of amides is 2. The van der Waals surface area contributed by atoms with Crippen molar-refractivity contribution in [1.82, 2.24) is 10.2 Å². The second kappa shape index (κ2) is 10.9. The summed E-state index contributed by atoms with van der Waals surface area (Å²) in [6, 6.07) is 26.6. The first-order valence-electron chi connectivity index (χ1n) is 11.2. The molecule has 2 amide bonds. The molecule has 0 bridgehead atoms. The summed E-state index contributed by atoms with van der Waals surface area (Å²) in [5.41, 5.74) is 3.41. The minimum absolute atomic E-state index is 0.126. The molecule has 2 N–H and O–H groups in total. The molecule has 3 aromatic carbocycles. The van der Waals surface area contributed by atoms with Crippen LogP contribution in [0.2, 0.25) is 0 Å². The maximum Gasteiger partial charge on any atom is 0.255 e. The Hall–Kier alpha value is -3.48. The van der Waals surface area contributed by atoms with Crippen molar-refractivity contribution >= 4 is 17.5 Å². The fraction of sp³-hybridized carbons (Fsp3) is 0.259. The van der Waals surface area contributed by atoms with E-state index >= 15 is 0 Å². The molecule has 1 aliphatic rings. The second-order valence-corrected chi connectivity index (χ2v) is 8.26. The summed E-state index contributed by atoms with van der Waals surface area (Å²) in [4.78, 5) is 27.6. The van der Waals surface area contributed by atoms with Crippen LogP contribution in [0.5, 0.6) is 0 Å². The third-order valence-corrected chi connectivity index (χ3v) is 5.73. The Morgan fingerprint density at radius 2 is 1.73 bits per heavy atom. The predicted molar refractivity (Wildman–Crippen MR) is 129 cm³/mol. The number of rotatable bonds is 7. The van der Waals surface area contributed by atoms with Crippen LogP contribution < -0.4 is 10.6 Å². The minimum atomic E-state index is -0.508. The van der Waals surface area contributed by atoms with E-state index in [0.29, 0.717) is 24.4 Å². The number of nitrogens with one attached hydrogen (secondary N) is 2. The highest BCUT2D eigenvalue weighted by Gasteiger charge is 2.27. The van der Waals surface area contributed by atoms with Gasteiger partial charge in [-0.25, -0.2) is 0 Å². The molecule has 1 fully saturated rings. The van der Waals surface area contributed by atoms with Crippen molar-refractivity contribution in [1.29, 1.82) is 0 Å². The summed E-state index contributed by atoms with van der Waals surface area (Å²) in [5.74, 6) is -0.294. The number of carbonyl (C=O) groups is 2. The van der Waals surface area contributed by atoms with Crippen LogP contribution in [0.1, 0.15) is 34.5 Å². The van der Waals surface area contributed by atoms with Gasteiger partial charge in [0.05, 0.1) is 12.6 Å². The Balaban J connectivity index is 1.33. The minimum Gasteiger partial charge on any atom is -0.366 e. The van der Waals surface area contributed by atoms with Gasteiger partial charge in [-0.3, -0.25) is 14.5 Å². The van der Waals surface area contributed by atoms with Gasteiger partial charge in [0.25, 0.3) is 11.8 Å². The molecule has 1 aliphatic heterocycles. The molecule has 2 unspecified atom stereocenters. The van der Waals surface area contributed by atoms with Crippen molar-refractivity contribution in [3.8, 4) is 0 Å². The lowest BCUT2D eigenvalue weighted by Crippen LogP contribution is -2.49. The molecule has 0 aromatic heterocycles. The number of benzene rings is 3. The number of hydrogen-bond donors (Lipinski definition) is 2. The van der Waals surface area contributed by atoms with Gasteiger partial charge < -0.3 is 15.4 Å². The number of anilines is 1. The van der Waals surface area contributed by atoms with Crippen molar-refractivity contribution < 1.29 is 14.3 Å². The van der Waals surface area contributed by atoms with E-state index in [1.807, 2.05) is 67.6 Å². The van der Waals surface area contributed by atoms with E-state index in [1.54, 1.807) is 12.1 Å². The van der Waals surface area contributed by atoms with E-state index in [9.17, 15) is 9.59 Å². The van der Waals surface area contributed by atoms with Gasteiger partial charge in [-0.05, 0) is 42.3 Å². The Kier molecular flexibility index (Phi) is 7.50. The Labute approximate surface area is 194 Å². The molecular formula is C27H29N3O3. The van der Waals surface area contributed by atoms with E-state index < -0.39 is 6.10 Å². The molecule has 33 heavy (non-hydrogen) atoms. The summed E-state index contributed by atoms with van der Waals surface area (Å²) < 4.78 is 5.76. The topological polar surface area (TPSA) is 70.7 Å². The number of ether oxygens (including phenoxy) is 1. The molecule has 0 saturated carbocycles. The molecule has 0 radical (unpaired) electrons. The highest BCUT2D eigenvalue weighted by Crippen LogP contribution is 2.19. The number of hydrogen-bond acceptors (Lipinski definition) is 4. The number of morpholine rings is 1. The molecule has 0 aliphatic carbocycles. The van der Waals surface area contributed by atoms with E-state index in [0.717, 1.165) is 18.7 Å². The van der Waals surface area contributed by atoms with Gasteiger partial charge in [0.2, 0.25) is 0 Å². The van der Waals surface area contributed by atoms with Crippen molar-refractivity contribution in [3.63, 3.8) is 0 Å². The molecular weight excluding hydrogens is 414 g/mol. The smallest absolute Gasteiger partial charge is 0.255 e. The average Bonchev–Trinajstić information content (AvgIpc) is 2.85. The lowest BCUT2D eigenvalue weighted by molar-refractivity contribution is -0.139. The first-order chi connectivity index (χ1) is 16.1. The summed E-state index contributed by atoms with van der Waals surface area (Å²) in [5, 5.41) is 5.98. The maximum atomic E-state index is 12.9. The van der Waals surface area contributed by atoms with Crippen LogP contribution in [-0.2, 0) is 16.1 Å². The van der Waals surface area contributed by atoms with Crippen LogP contribution in [0.25, 0.3) is 0 Å². The first-order valence-corrected chi connectivity index (χ1v) is 11.2. The van der Waals surface area contributed by atoms with E-state index in [4.69, 9.17) is 4.74 Å². The van der Waals surface area contributed by atoms with Crippen LogP contribution in [0.3, 0.4) is 0 Å². The monoisotopic (exact) mass is 443 g/mol. The summed E-state index contributed by atoms with van der Waals surface area (Å²) in [7, 11) is 0. The number of nitrogens with zero attached hydrogens (tertiary/aromatic N) is 1. The predicted octanol–water partition coefficient (Wildman–Crippen LogP) is 4.02. The normalized spacial score (nSPS) is 17.2. The van der Waals surface area contributed by atoms with Crippen molar-refractivity contribution in [2.24, 2.45) is 0 Å². The van der Waals surface area contributed by atoms with Crippen LogP contribution in [0, 0.1) is 0 Å². The molecule has 3 aromatic rings. The van der Waals surface area contributed by atoms with Gasteiger partial charge in [0.15, 0.2) is 0 Å². The van der Waals surface area contributed by atoms with E-state index in [-0.39, 0.29) is 17.9 Å². The highest BCUT2D eigenvalue weighted by molar-refractivity contribution is 6.04. The van der Waals surface area contributed by atoms with E-state index in [2.05, 4.69) is 27.7 Å². The highest BCUT2D eigenvalue weighted by atomic mass is 16.5. The van der Waals surface area contributed by atoms with Crippen LogP contribution in [-0.4, -0.2) is 42.5 Å². The number of carbonyl (C=O) groups excluding carboxylic acids is 2. The summed E-state index contributed by atoms with van der Waals surface area (Å²) >= 11 is 0. The van der Waals surface area contributed by atoms with Gasteiger partial charge in [-0.1, -0.05) is 60.7 Å². The quantitative estimate of drug-likeness (QED) is 0.579. The fourth-order valence-electron chi connectivity index (χ4n) is 3.91.